The van der Waals surface area contributed by atoms with Gasteiger partial charge in [0.2, 0.25) is 0 Å². The second-order valence-electron chi connectivity index (χ2n) is 6.22. The Morgan fingerprint density at radius 1 is 1.10 bits per heavy atom. The fraction of sp³-hybridized carbons (Fsp3) is 0.933. The number of alkyl carbamates (subject to hydrolysis) is 1. The van der Waals surface area contributed by atoms with Gasteiger partial charge in [-0.2, -0.15) is 0 Å². The first kappa shape index (κ1) is 20.1. The highest BCUT2D eigenvalue weighted by Gasteiger charge is 2.15. The van der Waals surface area contributed by atoms with Gasteiger partial charge >= 0.3 is 6.09 Å². The molecule has 0 aromatic heterocycles. The quantitative estimate of drug-likeness (QED) is 0.499. The van der Waals surface area contributed by atoms with E-state index in [2.05, 4.69) is 15.5 Å². The summed E-state index contributed by atoms with van der Waals surface area (Å²) in [5, 5.41) is 5.95. The molecule has 0 aromatic carbocycles. The lowest BCUT2D eigenvalue weighted by Gasteiger charge is -2.23. The van der Waals surface area contributed by atoms with Crippen molar-refractivity contribution in [2.24, 2.45) is 5.73 Å². The van der Waals surface area contributed by atoms with Crippen molar-refractivity contribution in [3.8, 4) is 0 Å². The summed E-state index contributed by atoms with van der Waals surface area (Å²) in [6.45, 7) is 11.0. The summed E-state index contributed by atoms with van der Waals surface area (Å²) in [6, 6.07) is 0. The van der Waals surface area contributed by atoms with Crippen LogP contribution in [0.15, 0.2) is 0 Å². The first-order valence-corrected chi connectivity index (χ1v) is 7.93. The van der Waals surface area contributed by atoms with Crippen molar-refractivity contribution in [2.45, 2.75) is 45.6 Å². The Hall–Kier alpha value is -0.850. The molecule has 0 unspecified atom stereocenters. The van der Waals surface area contributed by atoms with Crippen LogP contribution in [0, 0.1) is 0 Å². The van der Waals surface area contributed by atoms with E-state index in [0.717, 1.165) is 52.0 Å². The van der Waals surface area contributed by atoms with Gasteiger partial charge in [0.1, 0.15) is 5.60 Å². The monoisotopic (exact) mass is 302 g/mol. The number of nitrogens with one attached hydrogen (secondary N) is 2. The third-order valence-electron chi connectivity index (χ3n) is 2.90. The standard InChI is InChI=1S/C15H34N4O2/c1-15(2,3)21-14(20)18-10-7-13-19(11-5-8-16)12-6-9-17-4/h17H,5-13,16H2,1-4H3,(H,18,20). The second-order valence-corrected chi connectivity index (χ2v) is 6.22. The highest BCUT2D eigenvalue weighted by Crippen LogP contribution is 2.06. The van der Waals surface area contributed by atoms with Crippen molar-refractivity contribution in [1.29, 1.82) is 0 Å². The minimum Gasteiger partial charge on any atom is -0.444 e. The van der Waals surface area contributed by atoms with E-state index in [1.54, 1.807) is 0 Å². The van der Waals surface area contributed by atoms with Crippen molar-refractivity contribution >= 4 is 6.09 Å². The predicted molar refractivity (Wildman–Crippen MR) is 87.5 cm³/mol. The second kappa shape index (κ2) is 11.8. The van der Waals surface area contributed by atoms with Crippen LogP contribution in [-0.2, 0) is 4.74 Å². The van der Waals surface area contributed by atoms with Crippen LogP contribution in [0.3, 0.4) is 0 Å². The smallest absolute Gasteiger partial charge is 0.407 e. The molecule has 0 heterocycles. The normalized spacial score (nSPS) is 11.7. The number of amides is 1. The maximum atomic E-state index is 11.5. The van der Waals surface area contributed by atoms with Crippen molar-refractivity contribution < 1.29 is 9.53 Å². The van der Waals surface area contributed by atoms with Gasteiger partial charge in [0.15, 0.2) is 0 Å². The molecule has 0 saturated heterocycles. The van der Waals surface area contributed by atoms with Crippen molar-refractivity contribution in [2.75, 3.05) is 46.3 Å². The molecule has 0 atom stereocenters. The molecule has 0 rings (SSSR count). The number of rotatable bonds is 11. The summed E-state index contributed by atoms with van der Waals surface area (Å²) in [7, 11) is 1.97. The Labute approximate surface area is 129 Å². The average molecular weight is 302 g/mol. The zero-order valence-electron chi connectivity index (χ0n) is 14.2. The first-order chi connectivity index (χ1) is 9.89. The lowest BCUT2D eigenvalue weighted by molar-refractivity contribution is 0.0525. The van der Waals surface area contributed by atoms with Crippen LogP contribution in [-0.4, -0.2) is 62.9 Å². The van der Waals surface area contributed by atoms with Crippen LogP contribution in [0.25, 0.3) is 0 Å². The molecule has 0 aromatic rings. The highest BCUT2D eigenvalue weighted by atomic mass is 16.6. The van der Waals surface area contributed by atoms with Gasteiger partial charge < -0.3 is 26.0 Å². The molecule has 6 nitrogen and oxygen atoms in total. The zero-order valence-corrected chi connectivity index (χ0v) is 14.2. The number of carbonyl (C=O) groups excluding carboxylic acids is 1. The predicted octanol–water partition coefficient (Wildman–Crippen LogP) is 1.16. The van der Waals surface area contributed by atoms with E-state index in [9.17, 15) is 4.79 Å². The Bertz CT molecular complexity index is 267. The van der Waals surface area contributed by atoms with Crippen molar-refractivity contribution in [3.63, 3.8) is 0 Å². The minimum absolute atomic E-state index is 0.341. The molecule has 0 saturated carbocycles. The topological polar surface area (TPSA) is 79.6 Å². The molecule has 0 spiro atoms. The van der Waals surface area contributed by atoms with E-state index in [0.29, 0.717) is 6.54 Å². The van der Waals surface area contributed by atoms with Gasteiger partial charge in [0.05, 0.1) is 0 Å². The molecular weight excluding hydrogens is 268 g/mol. The lowest BCUT2D eigenvalue weighted by Crippen LogP contribution is -2.35. The van der Waals surface area contributed by atoms with Crippen molar-refractivity contribution in [1.82, 2.24) is 15.5 Å². The van der Waals surface area contributed by atoms with Crippen LogP contribution in [0.4, 0.5) is 4.79 Å². The first-order valence-electron chi connectivity index (χ1n) is 7.93. The van der Waals surface area contributed by atoms with Crippen molar-refractivity contribution in [3.05, 3.63) is 0 Å². The molecule has 21 heavy (non-hydrogen) atoms. The van der Waals surface area contributed by atoms with E-state index in [1.807, 2.05) is 27.8 Å². The van der Waals surface area contributed by atoms with E-state index in [-0.39, 0.29) is 6.09 Å². The fourth-order valence-electron chi connectivity index (χ4n) is 1.94. The van der Waals surface area contributed by atoms with Gasteiger partial charge in [-0.05, 0) is 79.8 Å². The van der Waals surface area contributed by atoms with E-state index >= 15 is 0 Å². The number of hydrogen-bond acceptors (Lipinski definition) is 5. The molecule has 0 radical (unpaired) electrons. The number of hydrogen-bond donors (Lipinski definition) is 3. The van der Waals surface area contributed by atoms with Gasteiger partial charge in [0.25, 0.3) is 0 Å². The molecule has 4 N–H and O–H groups in total. The Morgan fingerprint density at radius 3 is 2.19 bits per heavy atom. The van der Waals surface area contributed by atoms with Crippen LogP contribution < -0.4 is 16.4 Å². The van der Waals surface area contributed by atoms with Gasteiger partial charge in [-0.25, -0.2) is 4.79 Å². The fourth-order valence-corrected chi connectivity index (χ4v) is 1.94. The lowest BCUT2D eigenvalue weighted by atomic mass is 10.2. The summed E-state index contributed by atoms with van der Waals surface area (Å²) < 4.78 is 5.20. The summed E-state index contributed by atoms with van der Waals surface area (Å²) in [5.41, 5.74) is 5.13. The summed E-state index contributed by atoms with van der Waals surface area (Å²) in [4.78, 5) is 13.9. The Balaban J connectivity index is 3.82. The van der Waals surface area contributed by atoms with Crippen LogP contribution in [0.5, 0.6) is 0 Å². The summed E-state index contributed by atoms with van der Waals surface area (Å²) in [5.74, 6) is 0. The average Bonchev–Trinajstić information content (AvgIpc) is 2.38. The number of nitrogens with zero attached hydrogens (tertiary/aromatic N) is 1. The van der Waals surface area contributed by atoms with Crippen LogP contribution in [0.2, 0.25) is 0 Å². The van der Waals surface area contributed by atoms with Gasteiger partial charge in [-0.15, -0.1) is 0 Å². The molecule has 0 bridgehead atoms. The SMILES string of the molecule is CNCCCN(CCCN)CCCNC(=O)OC(C)(C)C. The summed E-state index contributed by atoms with van der Waals surface area (Å²) >= 11 is 0. The molecule has 1 amide bonds. The van der Waals surface area contributed by atoms with Crippen LogP contribution in [0.1, 0.15) is 40.0 Å². The molecule has 126 valence electrons. The third-order valence-corrected chi connectivity index (χ3v) is 2.90. The number of nitrogens with two attached hydrogens (primary N) is 1. The molecule has 0 aliphatic rings. The summed E-state index contributed by atoms with van der Waals surface area (Å²) in [6.07, 6.45) is 2.72. The van der Waals surface area contributed by atoms with E-state index in [1.165, 1.54) is 0 Å². The largest absolute Gasteiger partial charge is 0.444 e. The third kappa shape index (κ3) is 13.9. The van der Waals surface area contributed by atoms with E-state index < -0.39 is 5.60 Å². The number of carbonyl (C=O) groups is 1. The van der Waals surface area contributed by atoms with Gasteiger partial charge in [0, 0.05) is 6.54 Å². The number of ether oxygens (including phenoxy) is 1. The van der Waals surface area contributed by atoms with Gasteiger partial charge in [-0.3, -0.25) is 0 Å². The molecular formula is C15H34N4O2. The molecule has 0 aliphatic carbocycles. The Morgan fingerprint density at radius 2 is 1.67 bits per heavy atom. The highest BCUT2D eigenvalue weighted by molar-refractivity contribution is 5.67. The Kier molecular flexibility index (Phi) is 11.3. The van der Waals surface area contributed by atoms with E-state index in [4.69, 9.17) is 10.5 Å². The maximum absolute atomic E-state index is 11.5. The van der Waals surface area contributed by atoms with Crippen LogP contribution >= 0.6 is 0 Å². The van der Waals surface area contributed by atoms with Gasteiger partial charge in [-0.1, -0.05) is 0 Å². The molecule has 0 aliphatic heterocycles. The maximum Gasteiger partial charge on any atom is 0.407 e. The minimum atomic E-state index is -0.440. The zero-order chi connectivity index (χ0) is 16.1. The molecule has 0 fully saturated rings. The molecule has 6 heteroatoms.